The first-order valence-electron chi connectivity index (χ1n) is 9.69. The normalized spacial score (nSPS) is 16.2. The molecule has 1 saturated heterocycles. The van der Waals surface area contributed by atoms with E-state index >= 15 is 0 Å². The number of sulfonamides is 1. The number of ether oxygens (including phenoxy) is 1. The van der Waals surface area contributed by atoms with Gasteiger partial charge in [0, 0.05) is 37.8 Å². The van der Waals surface area contributed by atoms with Crippen molar-refractivity contribution in [2.75, 3.05) is 37.4 Å². The summed E-state index contributed by atoms with van der Waals surface area (Å²) < 4.78 is 30.3. The molecule has 1 heterocycles. The molecule has 0 aromatic heterocycles. The standard InChI is InChI=1S/C22H28N2O4S/c1-17-15-18(9-10-20(17)24(2)29(3,26)27)21(25)23-16-22(11-13-28-14-12-22)19-7-5-4-6-8-19/h4-10,15H,11-14,16H2,1-3H3,(H,23,25). The van der Waals surface area contributed by atoms with E-state index < -0.39 is 10.0 Å². The summed E-state index contributed by atoms with van der Waals surface area (Å²) in [5.41, 5.74) is 2.89. The van der Waals surface area contributed by atoms with Gasteiger partial charge in [-0.3, -0.25) is 9.10 Å². The van der Waals surface area contributed by atoms with Crippen LogP contribution in [0.1, 0.15) is 34.3 Å². The second-order valence-electron chi connectivity index (χ2n) is 7.67. The predicted octanol–water partition coefficient (Wildman–Crippen LogP) is 2.87. The molecule has 0 saturated carbocycles. The molecule has 2 aromatic carbocycles. The minimum Gasteiger partial charge on any atom is -0.381 e. The quantitative estimate of drug-likeness (QED) is 0.786. The highest BCUT2D eigenvalue weighted by atomic mass is 32.2. The summed E-state index contributed by atoms with van der Waals surface area (Å²) in [4.78, 5) is 12.8. The van der Waals surface area contributed by atoms with Gasteiger partial charge in [-0.1, -0.05) is 30.3 Å². The van der Waals surface area contributed by atoms with Crippen LogP contribution < -0.4 is 9.62 Å². The number of carbonyl (C=O) groups excluding carboxylic acids is 1. The Labute approximate surface area is 172 Å². The van der Waals surface area contributed by atoms with Crippen molar-refractivity contribution in [3.8, 4) is 0 Å². The van der Waals surface area contributed by atoms with E-state index in [4.69, 9.17) is 4.74 Å². The van der Waals surface area contributed by atoms with Gasteiger partial charge in [-0.05, 0) is 49.1 Å². The first kappa shape index (κ1) is 21.3. The van der Waals surface area contributed by atoms with E-state index in [-0.39, 0.29) is 11.3 Å². The second kappa shape index (κ2) is 8.55. The topological polar surface area (TPSA) is 75.7 Å². The first-order valence-corrected chi connectivity index (χ1v) is 11.5. The maximum atomic E-state index is 12.8. The van der Waals surface area contributed by atoms with Crippen molar-refractivity contribution in [1.82, 2.24) is 5.32 Å². The lowest BCUT2D eigenvalue weighted by Crippen LogP contribution is -2.44. The molecule has 0 bridgehead atoms. The van der Waals surface area contributed by atoms with Crippen LogP contribution in [-0.2, 0) is 20.2 Å². The molecule has 2 aromatic rings. The van der Waals surface area contributed by atoms with E-state index in [1.807, 2.05) is 18.2 Å². The number of nitrogens with zero attached hydrogens (tertiary/aromatic N) is 1. The van der Waals surface area contributed by atoms with Crippen LogP contribution in [0.15, 0.2) is 48.5 Å². The Morgan fingerprint density at radius 2 is 1.79 bits per heavy atom. The molecule has 1 aliphatic rings. The summed E-state index contributed by atoms with van der Waals surface area (Å²) in [7, 11) is -1.85. The number of hydrogen-bond donors (Lipinski definition) is 1. The van der Waals surface area contributed by atoms with E-state index in [0.29, 0.717) is 31.0 Å². The monoisotopic (exact) mass is 416 g/mol. The number of nitrogens with one attached hydrogen (secondary N) is 1. The molecule has 0 atom stereocenters. The van der Waals surface area contributed by atoms with E-state index in [1.54, 1.807) is 25.1 Å². The van der Waals surface area contributed by atoms with Gasteiger partial charge in [-0.2, -0.15) is 0 Å². The summed E-state index contributed by atoms with van der Waals surface area (Å²) in [5, 5.41) is 3.09. The molecule has 0 spiro atoms. The second-order valence-corrected chi connectivity index (χ2v) is 9.69. The van der Waals surface area contributed by atoms with Crippen molar-refractivity contribution in [2.45, 2.75) is 25.2 Å². The van der Waals surface area contributed by atoms with Crippen LogP contribution in [0.4, 0.5) is 5.69 Å². The third-order valence-corrected chi connectivity index (χ3v) is 6.91. The van der Waals surface area contributed by atoms with Gasteiger partial charge >= 0.3 is 0 Å². The van der Waals surface area contributed by atoms with Crippen molar-refractivity contribution in [3.05, 3.63) is 65.2 Å². The van der Waals surface area contributed by atoms with Crippen molar-refractivity contribution in [3.63, 3.8) is 0 Å². The third kappa shape index (κ3) is 4.79. The molecule has 1 amide bonds. The number of amides is 1. The number of carbonyl (C=O) groups is 1. The van der Waals surface area contributed by atoms with Crippen LogP contribution >= 0.6 is 0 Å². The van der Waals surface area contributed by atoms with Crippen LogP contribution in [0, 0.1) is 6.92 Å². The molecule has 156 valence electrons. The van der Waals surface area contributed by atoms with Crippen LogP contribution in [0.3, 0.4) is 0 Å². The van der Waals surface area contributed by atoms with Crippen LogP contribution in [0.25, 0.3) is 0 Å². The summed E-state index contributed by atoms with van der Waals surface area (Å²) in [5.74, 6) is -0.163. The summed E-state index contributed by atoms with van der Waals surface area (Å²) in [6.07, 6.45) is 2.87. The van der Waals surface area contributed by atoms with Gasteiger partial charge in [-0.25, -0.2) is 8.42 Å². The average molecular weight is 417 g/mol. The van der Waals surface area contributed by atoms with Crippen LogP contribution in [-0.4, -0.2) is 47.4 Å². The molecular formula is C22H28N2O4S. The highest BCUT2D eigenvalue weighted by Crippen LogP contribution is 2.34. The molecule has 6 nitrogen and oxygen atoms in total. The largest absolute Gasteiger partial charge is 0.381 e. The predicted molar refractivity (Wildman–Crippen MR) is 115 cm³/mol. The maximum Gasteiger partial charge on any atom is 0.251 e. The number of rotatable bonds is 6. The highest BCUT2D eigenvalue weighted by molar-refractivity contribution is 7.92. The fourth-order valence-electron chi connectivity index (χ4n) is 3.80. The van der Waals surface area contributed by atoms with Crippen molar-refractivity contribution in [2.24, 2.45) is 0 Å². The lowest BCUT2D eigenvalue weighted by atomic mass is 9.74. The summed E-state index contributed by atoms with van der Waals surface area (Å²) >= 11 is 0. The van der Waals surface area contributed by atoms with Gasteiger partial charge in [0.15, 0.2) is 0 Å². The SMILES string of the molecule is Cc1cc(C(=O)NCC2(c3ccccc3)CCOCC2)ccc1N(C)S(C)(=O)=O. The van der Waals surface area contributed by atoms with Gasteiger partial charge in [-0.15, -0.1) is 0 Å². The van der Waals surface area contributed by atoms with E-state index in [0.717, 1.165) is 24.7 Å². The van der Waals surface area contributed by atoms with Gasteiger partial charge in [0.25, 0.3) is 5.91 Å². The fraction of sp³-hybridized carbons (Fsp3) is 0.409. The van der Waals surface area contributed by atoms with Crippen molar-refractivity contribution in [1.29, 1.82) is 0 Å². The Bertz CT molecular complexity index is 968. The van der Waals surface area contributed by atoms with E-state index in [2.05, 4.69) is 17.4 Å². The first-order chi connectivity index (χ1) is 13.7. The molecule has 29 heavy (non-hydrogen) atoms. The molecule has 7 heteroatoms. The molecule has 0 aliphatic carbocycles. The Kier molecular flexibility index (Phi) is 6.29. The molecule has 0 radical (unpaired) electrons. The van der Waals surface area contributed by atoms with Crippen molar-refractivity contribution >= 4 is 21.6 Å². The van der Waals surface area contributed by atoms with Crippen molar-refractivity contribution < 1.29 is 17.9 Å². The molecular weight excluding hydrogens is 388 g/mol. The van der Waals surface area contributed by atoms with E-state index in [1.165, 1.54) is 16.9 Å². The number of aryl methyl sites for hydroxylation is 1. The summed E-state index contributed by atoms with van der Waals surface area (Å²) in [6.45, 7) is 3.69. The Morgan fingerprint density at radius 3 is 2.38 bits per heavy atom. The zero-order chi connectivity index (χ0) is 21.1. The van der Waals surface area contributed by atoms with Crippen LogP contribution in [0.5, 0.6) is 0 Å². The number of hydrogen-bond acceptors (Lipinski definition) is 4. The number of anilines is 1. The molecule has 1 N–H and O–H groups in total. The zero-order valence-electron chi connectivity index (χ0n) is 17.1. The molecule has 0 unspecified atom stereocenters. The lowest BCUT2D eigenvalue weighted by Gasteiger charge is -2.38. The van der Waals surface area contributed by atoms with Gasteiger partial charge in [0.2, 0.25) is 10.0 Å². The van der Waals surface area contributed by atoms with Crippen LogP contribution in [0.2, 0.25) is 0 Å². The highest BCUT2D eigenvalue weighted by Gasteiger charge is 2.34. The zero-order valence-corrected chi connectivity index (χ0v) is 18.0. The molecule has 3 rings (SSSR count). The van der Waals surface area contributed by atoms with Gasteiger partial charge < -0.3 is 10.1 Å². The van der Waals surface area contributed by atoms with E-state index in [9.17, 15) is 13.2 Å². The minimum atomic E-state index is -3.35. The fourth-order valence-corrected chi connectivity index (χ4v) is 4.36. The van der Waals surface area contributed by atoms with Gasteiger partial charge in [0.1, 0.15) is 0 Å². The minimum absolute atomic E-state index is 0.138. The lowest BCUT2D eigenvalue weighted by molar-refractivity contribution is 0.0487. The average Bonchev–Trinajstić information content (AvgIpc) is 2.72. The molecule has 1 fully saturated rings. The smallest absolute Gasteiger partial charge is 0.251 e. The third-order valence-electron chi connectivity index (χ3n) is 5.72. The Morgan fingerprint density at radius 1 is 1.14 bits per heavy atom. The maximum absolute atomic E-state index is 12.8. The Hall–Kier alpha value is -2.38. The summed E-state index contributed by atoms with van der Waals surface area (Å²) in [6, 6.07) is 15.3. The number of benzene rings is 2. The van der Waals surface area contributed by atoms with Gasteiger partial charge in [0.05, 0.1) is 11.9 Å². The Balaban J connectivity index is 1.76. The molecule has 1 aliphatic heterocycles.